The number of hydrogen-bond acceptors (Lipinski definition) is 2. The molecule has 0 bridgehead atoms. The van der Waals surface area contributed by atoms with Crippen LogP contribution in [0.3, 0.4) is 0 Å². The zero-order chi connectivity index (χ0) is 9.23. The van der Waals surface area contributed by atoms with Crippen LogP contribution in [0.2, 0.25) is 0 Å². The second-order valence-corrected chi connectivity index (χ2v) is 3.59. The third-order valence-corrected chi connectivity index (χ3v) is 2.08. The van der Waals surface area contributed by atoms with E-state index >= 15 is 0 Å². The lowest BCUT2D eigenvalue weighted by molar-refractivity contribution is 0.471. The molecule has 0 saturated carbocycles. The molecule has 74 valence electrons. The minimum absolute atomic E-state index is 0.826. The lowest BCUT2D eigenvalue weighted by Crippen LogP contribution is -2.22. The van der Waals surface area contributed by atoms with Gasteiger partial charge < -0.3 is 11.1 Å². The van der Waals surface area contributed by atoms with E-state index in [1.54, 1.807) is 0 Å². The largest absolute Gasteiger partial charge is 0.330 e. The maximum absolute atomic E-state index is 5.39. The van der Waals surface area contributed by atoms with Gasteiger partial charge in [0.15, 0.2) is 0 Å². The van der Waals surface area contributed by atoms with E-state index in [0.29, 0.717) is 0 Å². The summed E-state index contributed by atoms with van der Waals surface area (Å²) in [5.74, 6) is 0.827. The van der Waals surface area contributed by atoms with E-state index < -0.39 is 0 Å². The summed E-state index contributed by atoms with van der Waals surface area (Å²) >= 11 is 0. The summed E-state index contributed by atoms with van der Waals surface area (Å²) in [6.45, 7) is 7.67. The van der Waals surface area contributed by atoms with Gasteiger partial charge in [-0.1, -0.05) is 20.3 Å². The molecule has 0 heterocycles. The molecule has 3 N–H and O–H groups in total. The summed E-state index contributed by atoms with van der Waals surface area (Å²) in [4.78, 5) is 0. The van der Waals surface area contributed by atoms with Crippen LogP contribution < -0.4 is 11.1 Å². The minimum Gasteiger partial charge on any atom is -0.330 e. The van der Waals surface area contributed by atoms with Gasteiger partial charge in [0.05, 0.1) is 0 Å². The first kappa shape index (κ1) is 11.9. The van der Waals surface area contributed by atoms with Crippen LogP contribution in [0.5, 0.6) is 0 Å². The molecule has 0 aromatic rings. The number of unbranched alkanes of at least 4 members (excludes halogenated alkanes) is 1. The highest BCUT2D eigenvalue weighted by molar-refractivity contribution is 4.56. The Balaban J connectivity index is 2.97. The number of nitrogens with one attached hydrogen (secondary N) is 1. The number of rotatable bonds is 8. The Morgan fingerprint density at radius 1 is 1.33 bits per heavy atom. The van der Waals surface area contributed by atoms with Crippen molar-refractivity contribution in [1.82, 2.24) is 5.32 Å². The molecule has 1 atom stereocenters. The summed E-state index contributed by atoms with van der Waals surface area (Å²) in [5, 5.41) is 3.45. The fraction of sp³-hybridized carbons (Fsp3) is 1.00. The second kappa shape index (κ2) is 9.01. The fourth-order valence-electron chi connectivity index (χ4n) is 1.34. The summed E-state index contributed by atoms with van der Waals surface area (Å²) in [5.41, 5.74) is 5.39. The van der Waals surface area contributed by atoms with Crippen molar-refractivity contribution in [2.75, 3.05) is 19.6 Å². The molecular formula is C10H24N2. The molecule has 1 unspecified atom stereocenters. The first-order valence-electron chi connectivity index (χ1n) is 5.22. The Labute approximate surface area is 76.9 Å². The second-order valence-electron chi connectivity index (χ2n) is 3.59. The molecule has 0 amide bonds. The van der Waals surface area contributed by atoms with E-state index in [-0.39, 0.29) is 0 Å². The molecule has 0 saturated heterocycles. The zero-order valence-electron chi connectivity index (χ0n) is 8.60. The zero-order valence-corrected chi connectivity index (χ0v) is 8.60. The van der Waals surface area contributed by atoms with Gasteiger partial charge in [-0.15, -0.1) is 0 Å². The summed E-state index contributed by atoms with van der Waals surface area (Å²) in [6, 6.07) is 0. The van der Waals surface area contributed by atoms with E-state index in [1.165, 1.54) is 25.8 Å². The Bertz CT molecular complexity index is 83.9. The molecule has 0 aromatic carbocycles. The highest BCUT2D eigenvalue weighted by Crippen LogP contribution is 2.02. The van der Waals surface area contributed by atoms with Crippen molar-refractivity contribution in [2.45, 2.75) is 39.5 Å². The highest BCUT2D eigenvalue weighted by atomic mass is 14.8. The average Bonchev–Trinajstić information content (AvgIpc) is 2.05. The van der Waals surface area contributed by atoms with Crippen molar-refractivity contribution in [2.24, 2.45) is 11.7 Å². The monoisotopic (exact) mass is 172 g/mol. The predicted octanol–water partition coefficient (Wildman–Crippen LogP) is 1.75. The molecule has 0 aliphatic heterocycles. The van der Waals surface area contributed by atoms with Crippen LogP contribution in [0, 0.1) is 5.92 Å². The number of hydrogen-bond donors (Lipinski definition) is 2. The molecule has 0 aromatic heterocycles. The van der Waals surface area contributed by atoms with Gasteiger partial charge in [-0.05, 0) is 44.8 Å². The van der Waals surface area contributed by atoms with Crippen LogP contribution in [-0.2, 0) is 0 Å². The van der Waals surface area contributed by atoms with Crippen molar-refractivity contribution in [3.63, 3.8) is 0 Å². The van der Waals surface area contributed by atoms with Crippen molar-refractivity contribution < 1.29 is 0 Å². The molecule has 2 heteroatoms. The molecule has 0 rings (SSSR count). The van der Waals surface area contributed by atoms with Gasteiger partial charge in [0.25, 0.3) is 0 Å². The molecule has 0 spiro atoms. The summed E-state index contributed by atoms with van der Waals surface area (Å²) in [6.07, 6.45) is 5.00. The molecule has 0 fully saturated rings. The first-order chi connectivity index (χ1) is 5.81. The average molecular weight is 172 g/mol. The quantitative estimate of drug-likeness (QED) is 0.547. The van der Waals surface area contributed by atoms with Gasteiger partial charge in [-0.25, -0.2) is 0 Å². The van der Waals surface area contributed by atoms with Crippen LogP contribution >= 0.6 is 0 Å². The normalized spacial score (nSPS) is 13.2. The predicted molar refractivity (Wildman–Crippen MR) is 55.2 cm³/mol. The van der Waals surface area contributed by atoms with Gasteiger partial charge in [0, 0.05) is 0 Å². The van der Waals surface area contributed by atoms with Crippen molar-refractivity contribution in [1.29, 1.82) is 0 Å². The standard InChI is InChI=1S/C10H24N2/c1-3-6-10(2)9-12-8-5-4-7-11/h10,12H,3-9,11H2,1-2H3. The highest BCUT2D eigenvalue weighted by Gasteiger charge is 1.98. The third-order valence-electron chi connectivity index (χ3n) is 2.08. The van der Waals surface area contributed by atoms with Gasteiger partial charge in [-0.2, -0.15) is 0 Å². The Morgan fingerprint density at radius 2 is 2.08 bits per heavy atom. The SMILES string of the molecule is CCCC(C)CNCCCCN. The fourth-order valence-corrected chi connectivity index (χ4v) is 1.34. The number of nitrogens with two attached hydrogens (primary N) is 1. The van der Waals surface area contributed by atoms with Crippen molar-refractivity contribution in [3.05, 3.63) is 0 Å². The molecule has 0 radical (unpaired) electrons. The Morgan fingerprint density at radius 3 is 2.67 bits per heavy atom. The molecular weight excluding hydrogens is 148 g/mol. The maximum atomic E-state index is 5.39. The van der Waals surface area contributed by atoms with Gasteiger partial charge in [0.1, 0.15) is 0 Å². The van der Waals surface area contributed by atoms with Crippen LogP contribution in [0.1, 0.15) is 39.5 Å². The minimum atomic E-state index is 0.826. The van der Waals surface area contributed by atoms with Crippen LogP contribution in [0.15, 0.2) is 0 Å². The molecule has 0 aliphatic carbocycles. The Kier molecular flexibility index (Phi) is 8.95. The lowest BCUT2D eigenvalue weighted by Gasteiger charge is -2.10. The topological polar surface area (TPSA) is 38.0 Å². The van der Waals surface area contributed by atoms with E-state index in [2.05, 4.69) is 19.2 Å². The molecule has 12 heavy (non-hydrogen) atoms. The van der Waals surface area contributed by atoms with Crippen molar-refractivity contribution >= 4 is 0 Å². The third kappa shape index (κ3) is 8.02. The first-order valence-corrected chi connectivity index (χ1v) is 5.22. The smallest absolute Gasteiger partial charge is 0.00232 e. The summed E-state index contributed by atoms with van der Waals surface area (Å²) in [7, 11) is 0. The van der Waals surface area contributed by atoms with E-state index in [9.17, 15) is 0 Å². The maximum Gasteiger partial charge on any atom is -0.00232 e. The van der Waals surface area contributed by atoms with Gasteiger partial charge in [0.2, 0.25) is 0 Å². The van der Waals surface area contributed by atoms with Gasteiger partial charge >= 0.3 is 0 Å². The van der Waals surface area contributed by atoms with E-state index in [1.807, 2.05) is 0 Å². The lowest BCUT2D eigenvalue weighted by atomic mass is 10.1. The summed E-state index contributed by atoms with van der Waals surface area (Å²) < 4.78 is 0. The van der Waals surface area contributed by atoms with Crippen molar-refractivity contribution in [3.8, 4) is 0 Å². The van der Waals surface area contributed by atoms with Crippen LogP contribution in [0.4, 0.5) is 0 Å². The van der Waals surface area contributed by atoms with Crippen LogP contribution in [0.25, 0.3) is 0 Å². The van der Waals surface area contributed by atoms with Crippen LogP contribution in [-0.4, -0.2) is 19.6 Å². The molecule has 0 aliphatic rings. The van der Waals surface area contributed by atoms with E-state index in [4.69, 9.17) is 5.73 Å². The van der Waals surface area contributed by atoms with E-state index in [0.717, 1.165) is 25.4 Å². The Hall–Kier alpha value is -0.0800. The van der Waals surface area contributed by atoms with Gasteiger partial charge in [-0.3, -0.25) is 0 Å². The molecule has 2 nitrogen and oxygen atoms in total.